The molecule has 14 heteroatoms. The molecule has 0 radical (unpaired) electrons. The van der Waals surface area contributed by atoms with Gasteiger partial charge in [0.1, 0.15) is 21.9 Å². The first kappa shape index (κ1) is 28.0. The number of halogens is 2. The van der Waals surface area contributed by atoms with Crippen molar-refractivity contribution in [3.05, 3.63) is 76.2 Å². The standard InChI is InChI=1S/C26H24Cl2N6O5S/c1-14(15-6-7-15)31-25(35)17-12-16(27)8-9-19(17)32-26(36)21-13-20(23-22(40(37,38)39)5-3-10-29-23)33-34(21)24-18(28)4-2-11-30-24/h2-5,8-12,14-15,21H,6-7,13H2,1H3,(H,31,35)(H,32,36)(H,37,38,39)/p-1. The zero-order valence-electron chi connectivity index (χ0n) is 21.0. The van der Waals surface area contributed by atoms with Gasteiger partial charge in [-0.1, -0.05) is 23.2 Å². The monoisotopic (exact) mass is 601 g/mol. The number of amides is 2. The van der Waals surface area contributed by atoms with Crippen LogP contribution in [0.3, 0.4) is 0 Å². The summed E-state index contributed by atoms with van der Waals surface area (Å²) in [6, 6.07) is 9.02. The molecule has 3 aromatic rings. The lowest BCUT2D eigenvalue weighted by Crippen LogP contribution is -2.40. The Labute approximate surface area is 240 Å². The Morgan fingerprint density at radius 3 is 2.52 bits per heavy atom. The molecule has 2 atom stereocenters. The third-order valence-electron chi connectivity index (χ3n) is 6.65. The van der Waals surface area contributed by atoms with E-state index in [2.05, 4.69) is 25.7 Å². The lowest BCUT2D eigenvalue weighted by molar-refractivity contribution is -0.117. The summed E-state index contributed by atoms with van der Waals surface area (Å²) in [4.78, 5) is 34.5. The molecule has 2 N–H and O–H groups in total. The van der Waals surface area contributed by atoms with Crippen LogP contribution >= 0.6 is 23.2 Å². The van der Waals surface area contributed by atoms with Gasteiger partial charge in [0.2, 0.25) is 5.91 Å². The molecule has 1 aliphatic carbocycles. The largest absolute Gasteiger partial charge is 0.744 e. The maximum atomic E-state index is 13.7. The van der Waals surface area contributed by atoms with Crippen LogP contribution in [0.5, 0.6) is 0 Å². The van der Waals surface area contributed by atoms with E-state index in [-0.39, 0.29) is 51.9 Å². The van der Waals surface area contributed by atoms with Crippen LogP contribution in [0.1, 0.15) is 42.2 Å². The number of hydrogen-bond donors (Lipinski definition) is 2. The average Bonchev–Trinajstić information content (AvgIpc) is 3.68. The van der Waals surface area contributed by atoms with E-state index in [0.29, 0.717) is 10.9 Å². The van der Waals surface area contributed by atoms with Gasteiger partial charge < -0.3 is 15.2 Å². The molecule has 0 spiro atoms. The lowest BCUT2D eigenvalue weighted by atomic mass is 10.1. The average molecular weight is 602 g/mol. The summed E-state index contributed by atoms with van der Waals surface area (Å²) in [5.74, 6) is -0.422. The molecule has 2 aliphatic rings. The fourth-order valence-electron chi connectivity index (χ4n) is 4.44. The molecule has 1 fully saturated rings. The molecule has 40 heavy (non-hydrogen) atoms. The van der Waals surface area contributed by atoms with Crippen molar-refractivity contribution in [3.8, 4) is 0 Å². The second-order valence-electron chi connectivity index (χ2n) is 9.50. The fraction of sp³-hybridized carbons (Fsp3) is 0.269. The van der Waals surface area contributed by atoms with Gasteiger partial charge in [0.05, 0.1) is 26.9 Å². The highest BCUT2D eigenvalue weighted by atomic mass is 35.5. The number of benzene rings is 1. The number of pyridine rings is 2. The molecule has 1 aliphatic heterocycles. The number of anilines is 2. The van der Waals surface area contributed by atoms with Crippen molar-refractivity contribution < 1.29 is 22.6 Å². The Morgan fingerprint density at radius 1 is 1.10 bits per heavy atom. The lowest BCUT2D eigenvalue weighted by Gasteiger charge is -2.23. The quantitative estimate of drug-likeness (QED) is 0.369. The summed E-state index contributed by atoms with van der Waals surface area (Å²) in [7, 11) is -4.89. The predicted molar refractivity (Wildman–Crippen MR) is 149 cm³/mol. The number of aromatic nitrogens is 2. The molecule has 1 aromatic carbocycles. The number of nitrogens with zero attached hydrogens (tertiary/aromatic N) is 4. The summed E-state index contributed by atoms with van der Waals surface area (Å²) in [6.45, 7) is 1.93. The van der Waals surface area contributed by atoms with E-state index in [9.17, 15) is 22.6 Å². The molecule has 3 heterocycles. The number of rotatable bonds is 8. The van der Waals surface area contributed by atoms with Crippen LogP contribution in [-0.4, -0.2) is 52.5 Å². The normalized spacial score (nSPS) is 17.8. The fourth-order valence-corrected chi connectivity index (χ4v) is 5.47. The van der Waals surface area contributed by atoms with Crippen LogP contribution in [0, 0.1) is 5.92 Å². The van der Waals surface area contributed by atoms with E-state index in [0.717, 1.165) is 18.9 Å². The molecule has 208 valence electrons. The van der Waals surface area contributed by atoms with E-state index >= 15 is 0 Å². The number of hydrazone groups is 1. The molecule has 0 saturated heterocycles. The van der Waals surface area contributed by atoms with Gasteiger partial charge in [0, 0.05) is 29.9 Å². The summed E-state index contributed by atoms with van der Waals surface area (Å²) < 4.78 is 35.7. The number of carbonyl (C=O) groups is 2. The third-order valence-corrected chi connectivity index (χ3v) is 8.05. The van der Waals surface area contributed by atoms with Gasteiger partial charge in [-0.25, -0.2) is 18.4 Å². The number of hydrogen-bond acceptors (Lipinski definition) is 9. The van der Waals surface area contributed by atoms with Crippen molar-refractivity contribution in [2.24, 2.45) is 11.0 Å². The summed E-state index contributed by atoms with van der Waals surface area (Å²) in [5, 5.41) is 11.9. The van der Waals surface area contributed by atoms with Crippen molar-refractivity contribution in [1.29, 1.82) is 0 Å². The van der Waals surface area contributed by atoms with Gasteiger partial charge in [-0.15, -0.1) is 0 Å². The highest BCUT2D eigenvalue weighted by Gasteiger charge is 2.38. The minimum atomic E-state index is -4.89. The predicted octanol–water partition coefficient (Wildman–Crippen LogP) is 3.84. The Morgan fingerprint density at radius 2 is 1.82 bits per heavy atom. The first-order valence-electron chi connectivity index (χ1n) is 12.3. The van der Waals surface area contributed by atoms with Crippen LogP contribution in [-0.2, 0) is 14.9 Å². The van der Waals surface area contributed by atoms with Crippen LogP contribution in [0.4, 0.5) is 11.5 Å². The van der Waals surface area contributed by atoms with Crippen molar-refractivity contribution in [2.45, 2.75) is 43.2 Å². The van der Waals surface area contributed by atoms with E-state index in [1.165, 1.54) is 35.6 Å². The minimum absolute atomic E-state index is 0.0347. The molecule has 5 rings (SSSR count). The van der Waals surface area contributed by atoms with Gasteiger partial charge in [0.15, 0.2) is 5.82 Å². The number of nitrogens with one attached hydrogen (secondary N) is 2. The van der Waals surface area contributed by atoms with Gasteiger partial charge in [-0.05, 0) is 68.1 Å². The van der Waals surface area contributed by atoms with Gasteiger partial charge in [-0.3, -0.25) is 14.6 Å². The van der Waals surface area contributed by atoms with Crippen LogP contribution in [0.15, 0.2) is 64.9 Å². The molecule has 2 unspecified atom stereocenters. The van der Waals surface area contributed by atoms with Crippen LogP contribution < -0.4 is 15.6 Å². The SMILES string of the molecule is CC(NC(=O)c1cc(Cl)ccc1NC(=O)C1CC(c2ncccc2S(=O)(=O)[O-])=NN1c1ncccc1Cl)C1CC1. The van der Waals surface area contributed by atoms with E-state index in [1.54, 1.807) is 18.2 Å². The minimum Gasteiger partial charge on any atom is -0.744 e. The molecule has 1 saturated carbocycles. The van der Waals surface area contributed by atoms with Gasteiger partial charge in [-0.2, -0.15) is 5.10 Å². The number of carbonyl (C=O) groups excluding carboxylic acids is 2. The zero-order chi connectivity index (χ0) is 28.6. The smallest absolute Gasteiger partial charge is 0.253 e. The van der Waals surface area contributed by atoms with Crippen molar-refractivity contribution in [1.82, 2.24) is 15.3 Å². The summed E-state index contributed by atoms with van der Waals surface area (Å²) in [5.41, 5.74) is 0.296. The molecule has 2 aromatic heterocycles. The Hall–Kier alpha value is -3.58. The zero-order valence-corrected chi connectivity index (χ0v) is 23.4. The Bertz CT molecular complexity index is 1630. The molecule has 11 nitrogen and oxygen atoms in total. The third kappa shape index (κ3) is 5.94. The molecule has 0 bridgehead atoms. The van der Waals surface area contributed by atoms with Gasteiger partial charge in [0.25, 0.3) is 5.91 Å². The topological polar surface area (TPSA) is 157 Å². The highest BCUT2D eigenvalue weighted by Crippen LogP contribution is 2.34. The van der Waals surface area contributed by atoms with E-state index < -0.39 is 27.0 Å². The Kier molecular flexibility index (Phi) is 7.78. The van der Waals surface area contributed by atoms with Crippen molar-refractivity contribution in [2.75, 3.05) is 10.3 Å². The van der Waals surface area contributed by atoms with Gasteiger partial charge >= 0.3 is 0 Å². The van der Waals surface area contributed by atoms with Crippen molar-refractivity contribution in [3.63, 3.8) is 0 Å². The molecular formula is C26H23Cl2N6O5S-. The van der Waals surface area contributed by atoms with Crippen LogP contribution in [0.2, 0.25) is 10.0 Å². The molecular weight excluding hydrogens is 579 g/mol. The maximum absolute atomic E-state index is 13.7. The highest BCUT2D eigenvalue weighted by molar-refractivity contribution is 7.85. The van der Waals surface area contributed by atoms with Crippen LogP contribution in [0.25, 0.3) is 0 Å². The van der Waals surface area contributed by atoms with Crippen molar-refractivity contribution >= 4 is 62.4 Å². The maximum Gasteiger partial charge on any atom is 0.253 e. The summed E-state index contributed by atoms with van der Waals surface area (Å²) >= 11 is 12.5. The second-order valence-corrected chi connectivity index (χ2v) is 11.7. The van der Waals surface area contributed by atoms with E-state index in [1.807, 2.05) is 6.92 Å². The molecule has 2 amide bonds. The first-order valence-corrected chi connectivity index (χ1v) is 14.5. The van der Waals surface area contributed by atoms with E-state index in [4.69, 9.17) is 23.2 Å². The first-order chi connectivity index (χ1) is 19.0. The Balaban J connectivity index is 1.48. The second kappa shape index (κ2) is 11.1. The summed E-state index contributed by atoms with van der Waals surface area (Å²) in [6.07, 6.45) is 4.73.